The van der Waals surface area contributed by atoms with Crippen molar-refractivity contribution in [1.29, 1.82) is 0 Å². The number of benzene rings is 3. The Hall–Kier alpha value is -3.99. The van der Waals surface area contributed by atoms with Gasteiger partial charge < -0.3 is 10.6 Å². The summed E-state index contributed by atoms with van der Waals surface area (Å²) in [5, 5.41) is 7.05. The standard InChI is InChI=1S/C25H22N4O/c1-2-6-24(30)28-21-13-14-23-22(16-21)25(27-17-26-23)29-20-11-9-19(10-12-20)15-18-7-4-3-5-8-18/h2-14,16-17H,15H2,1H3,(H,28,30)(H,26,27,29)/b6-2+. The monoisotopic (exact) mass is 394 g/mol. The van der Waals surface area contributed by atoms with Crippen LogP contribution in [-0.4, -0.2) is 15.9 Å². The molecule has 5 heteroatoms. The molecule has 0 saturated heterocycles. The maximum atomic E-state index is 11.8. The highest BCUT2D eigenvalue weighted by atomic mass is 16.1. The minimum absolute atomic E-state index is 0.169. The van der Waals surface area contributed by atoms with E-state index < -0.39 is 0 Å². The largest absolute Gasteiger partial charge is 0.340 e. The zero-order valence-electron chi connectivity index (χ0n) is 16.7. The average Bonchev–Trinajstić information content (AvgIpc) is 2.76. The Morgan fingerprint density at radius 1 is 0.900 bits per heavy atom. The number of rotatable bonds is 6. The van der Waals surface area contributed by atoms with Crippen LogP contribution in [0.1, 0.15) is 18.1 Å². The van der Waals surface area contributed by atoms with E-state index >= 15 is 0 Å². The van der Waals surface area contributed by atoms with Crippen molar-refractivity contribution in [3.05, 3.63) is 102 Å². The molecule has 4 rings (SSSR count). The van der Waals surface area contributed by atoms with Gasteiger partial charge in [-0.3, -0.25) is 4.79 Å². The predicted molar refractivity (Wildman–Crippen MR) is 122 cm³/mol. The van der Waals surface area contributed by atoms with Crippen molar-refractivity contribution in [2.75, 3.05) is 10.6 Å². The first-order valence-electron chi connectivity index (χ1n) is 9.79. The Morgan fingerprint density at radius 3 is 2.40 bits per heavy atom. The number of hydrogen-bond donors (Lipinski definition) is 2. The van der Waals surface area contributed by atoms with E-state index in [1.54, 1.807) is 13.0 Å². The van der Waals surface area contributed by atoms with Crippen molar-refractivity contribution in [2.24, 2.45) is 0 Å². The SMILES string of the molecule is C/C=C/C(=O)Nc1ccc2ncnc(Nc3ccc(Cc4ccccc4)cc3)c2c1. The summed E-state index contributed by atoms with van der Waals surface area (Å²) in [6, 6.07) is 24.3. The molecule has 0 fully saturated rings. The fourth-order valence-electron chi connectivity index (χ4n) is 3.24. The summed E-state index contributed by atoms with van der Waals surface area (Å²) < 4.78 is 0. The number of nitrogens with zero attached hydrogens (tertiary/aromatic N) is 2. The molecule has 0 radical (unpaired) electrons. The minimum Gasteiger partial charge on any atom is -0.340 e. The normalized spacial score (nSPS) is 11.0. The number of aromatic nitrogens is 2. The first kappa shape index (κ1) is 19.3. The van der Waals surface area contributed by atoms with Gasteiger partial charge in [-0.25, -0.2) is 9.97 Å². The molecule has 0 aliphatic heterocycles. The van der Waals surface area contributed by atoms with Gasteiger partial charge >= 0.3 is 0 Å². The van der Waals surface area contributed by atoms with Crippen LogP contribution in [0, 0.1) is 0 Å². The van der Waals surface area contributed by atoms with Crippen molar-refractivity contribution in [2.45, 2.75) is 13.3 Å². The van der Waals surface area contributed by atoms with Gasteiger partial charge in [0, 0.05) is 16.8 Å². The third kappa shape index (κ3) is 4.70. The van der Waals surface area contributed by atoms with Crippen LogP contribution in [0.4, 0.5) is 17.2 Å². The minimum atomic E-state index is -0.169. The van der Waals surface area contributed by atoms with E-state index in [2.05, 4.69) is 57.0 Å². The molecule has 1 amide bonds. The molecule has 1 aromatic heterocycles. The lowest BCUT2D eigenvalue weighted by Crippen LogP contribution is -2.07. The quantitative estimate of drug-likeness (QED) is 0.425. The van der Waals surface area contributed by atoms with Crippen molar-refractivity contribution < 1.29 is 4.79 Å². The summed E-state index contributed by atoms with van der Waals surface area (Å²) in [6.45, 7) is 1.81. The third-order valence-electron chi connectivity index (χ3n) is 4.69. The van der Waals surface area contributed by atoms with Gasteiger partial charge in [-0.15, -0.1) is 0 Å². The van der Waals surface area contributed by atoms with E-state index in [0.717, 1.165) is 23.0 Å². The number of allylic oxidation sites excluding steroid dienone is 1. The zero-order chi connectivity index (χ0) is 20.8. The fourth-order valence-corrected chi connectivity index (χ4v) is 3.24. The molecule has 1 heterocycles. The second-order valence-corrected chi connectivity index (χ2v) is 6.93. The zero-order valence-corrected chi connectivity index (χ0v) is 16.7. The Bertz CT molecular complexity index is 1180. The number of hydrogen-bond acceptors (Lipinski definition) is 4. The molecule has 0 bridgehead atoms. The lowest BCUT2D eigenvalue weighted by Gasteiger charge is -2.11. The maximum absolute atomic E-state index is 11.8. The highest BCUT2D eigenvalue weighted by Crippen LogP contribution is 2.26. The lowest BCUT2D eigenvalue weighted by atomic mass is 10.0. The molecule has 0 saturated carbocycles. The van der Waals surface area contributed by atoms with Crippen molar-refractivity contribution in [3.8, 4) is 0 Å². The van der Waals surface area contributed by atoms with Gasteiger partial charge in [-0.2, -0.15) is 0 Å². The Morgan fingerprint density at radius 2 is 1.63 bits per heavy atom. The molecule has 5 nitrogen and oxygen atoms in total. The van der Waals surface area contributed by atoms with Gasteiger partial charge in [0.2, 0.25) is 5.91 Å². The molecule has 0 unspecified atom stereocenters. The molecule has 0 atom stereocenters. The molecule has 3 aromatic carbocycles. The molecular weight excluding hydrogens is 372 g/mol. The van der Waals surface area contributed by atoms with Gasteiger partial charge in [0.25, 0.3) is 0 Å². The summed E-state index contributed by atoms with van der Waals surface area (Å²) in [4.78, 5) is 20.6. The molecule has 0 aliphatic carbocycles. The van der Waals surface area contributed by atoms with Gasteiger partial charge in [0.1, 0.15) is 12.1 Å². The third-order valence-corrected chi connectivity index (χ3v) is 4.69. The van der Waals surface area contributed by atoms with Crippen LogP contribution in [0.2, 0.25) is 0 Å². The molecule has 30 heavy (non-hydrogen) atoms. The van der Waals surface area contributed by atoms with E-state index in [-0.39, 0.29) is 5.91 Å². The number of anilines is 3. The van der Waals surface area contributed by atoms with Gasteiger partial charge in [0.05, 0.1) is 5.52 Å². The van der Waals surface area contributed by atoms with Crippen LogP contribution in [0.5, 0.6) is 0 Å². The first-order chi connectivity index (χ1) is 14.7. The van der Waals surface area contributed by atoms with Crippen LogP contribution >= 0.6 is 0 Å². The van der Waals surface area contributed by atoms with E-state index in [9.17, 15) is 4.79 Å². The Labute approximate surface area is 175 Å². The van der Waals surface area contributed by atoms with E-state index in [4.69, 9.17) is 0 Å². The van der Waals surface area contributed by atoms with Crippen LogP contribution < -0.4 is 10.6 Å². The van der Waals surface area contributed by atoms with Gasteiger partial charge in [-0.1, -0.05) is 48.5 Å². The molecule has 4 aromatic rings. The Kier molecular flexibility index (Phi) is 5.80. The molecule has 0 aliphatic rings. The summed E-state index contributed by atoms with van der Waals surface area (Å²) >= 11 is 0. The van der Waals surface area contributed by atoms with E-state index in [1.165, 1.54) is 23.5 Å². The summed E-state index contributed by atoms with van der Waals surface area (Å²) in [6.07, 6.45) is 5.62. The van der Waals surface area contributed by atoms with E-state index in [0.29, 0.717) is 11.5 Å². The second-order valence-electron chi connectivity index (χ2n) is 6.93. The maximum Gasteiger partial charge on any atom is 0.248 e. The smallest absolute Gasteiger partial charge is 0.248 e. The number of carbonyl (C=O) groups excluding carboxylic acids is 1. The number of amides is 1. The summed E-state index contributed by atoms with van der Waals surface area (Å²) in [7, 11) is 0. The molecular formula is C25H22N4O. The van der Waals surface area contributed by atoms with Crippen molar-refractivity contribution >= 4 is 34.0 Å². The van der Waals surface area contributed by atoms with Crippen LogP contribution in [0.15, 0.2) is 91.3 Å². The van der Waals surface area contributed by atoms with E-state index in [1.807, 2.05) is 36.4 Å². The highest BCUT2D eigenvalue weighted by molar-refractivity contribution is 6.01. The summed E-state index contributed by atoms with van der Waals surface area (Å²) in [5.74, 6) is 0.523. The van der Waals surface area contributed by atoms with Gasteiger partial charge in [0.15, 0.2) is 0 Å². The molecule has 0 spiro atoms. The average molecular weight is 394 g/mol. The topological polar surface area (TPSA) is 66.9 Å². The fraction of sp³-hybridized carbons (Fsp3) is 0.0800. The number of fused-ring (bicyclic) bond motifs is 1. The lowest BCUT2D eigenvalue weighted by molar-refractivity contribution is -0.111. The summed E-state index contributed by atoms with van der Waals surface area (Å²) in [5.41, 5.74) is 4.97. The highest BCUT2D eigenvalue weighted by Gasteiger charge is 2.07. The molecule has 148 valence electrons. The number of carbonyl (C=O) groups is 1. The first-order valence-corrected chi connectivity index (χ1v) is 9.79. The second kappa shape index (κ2) is 9.01. The van der Waals surface area contributed by atoms with Crippen molar-refractivity contribution in [3.63, 3.8) is 0 Å². The van der Waals surface area contributed by atoms with Crippen molar-refractivity contribution in [1.82, 2.24) is 9.97 Å². The van der Waals surface area contributed by atoms with Crippen LogP contribution in [-0.2, 0) is 11.2 Å². The van der Waals surface area contributed by atoms with Crippen LogP contribution in [0.3, 0.4) is 0 Å². The van der Waals surface area contributed by atoms with Crippen LogP contribution in [0.25, 0.3) is 10.9 Å². The predicted octanol–water partition coefficient (Wildman–Crippen LogP) is 5.48. The van der Waals surface area contributed by atoms with Gasteiger partial charge in [-0.05, 0) is 60.9 Å². The molecule has 2 N–H and O–H groups in total. The number of nitrogens with one attached hydrogen (secondary N) is 2. The Balaban J connectivity index is 1.54.